The van der Waals surface area contributed by atoms with E-state index < -0.39 is 0 Å². The molecule has 4 rings (SSSR count). The van der Waals surface area contributed by atoms with Crippen LogP contribution in [0.4, 0.5) is 0 Å². The second-order valence-electron chi connectivity index (χ2n) is 6.41. The first kappa shape index (κ1) is 19.2. The summed E-state index contributed by atoms with van der Waals surface area (Å²) in [5.41, 5.74) is 6.36. The zero-order valence-electron chi connectivity index (χ0n) is 15.5. The van der Waals surface area contributed by atoms with Crippen molar-refractivity contribution >= 4 is 23.8 Å². The summed E-state index contributed by atoms with van der Waals surface area (Å²) in [5, 5.41) is 7.87. The number of ether oxygens (including phenoxy) is 1. The van der Waals surface area contributed by atoms with Crippen molar-refractivity contribution in [3.63, 3.8) is 0 Å². The number of rotatable bonds is 7. The van der Waals surface area contributed by atoms with E-state index in [1.807, 2.05) is 78.9 Å². The van der Waals surface area contributed by atoms with Gasteiger partial charge in [-0.15, -0.1) is 0 Å². The van der Waals surface area contributed by atoms with E-state index in [1.165, 1.54) is 0 Å². The molecule has 0 radical (unpaired) electrons. The number of halogens is 1. The van der Waals surface area contributed by atoms with E-state index in [-0.39, 0.29) is 0 Å². The quantitative estimate of drug-likeness (QED) is 0.381. The highest BCUT2D eigenvalue weighted by Crippen LogP contribution is 2.19. The molecule has 0 unspecified atom stereocenters. The first-order valence-corrected chi connectivity index (χ1v) is 9.91. The Morgan fingerprint density at radius 1 is 0.966 bits per heavy atom. The smallest absolute Gasteiger partial charge is 0.214 e. The van der Waals surface area contributed by atoms with Gasteiger partial charge in [0.1, 0.15) is 12.4 Å². The summed E-state index contributed by atoms with van der Waals surface area (Å²) in [4.78, 5) is 0. The van der Waals surface area contributed by atoms with Gasteiger partial charge in [0, 0.05) is 16.1 Å². The van der Waals surface area contributed by atoms with E-state index in [9.17, 15) is 0 Å². The van der Waals surface area contributed by atoms with E-state index in [2.05, 4.69) is 15.6 Å². The molecule has 0 atom stereocenters. The van der Waals surface area contributed by atoms with Gasteiger partial charge in [-0.1, -0.05) is 72.3 Å². The second kappa shape index (κ2) is 8.94. The minimum Gasteiger partial charge on any atom is -0.489 e. The Morgan fingerprint density at radius 3 is 2.45 bits per heavy atom. The third-order valence-corrected chi connectivity index (χ3v) is 5.06. The molecule has 4 aromatic rings. The molecule has 0 aliphatic rings. The van der Waals surface area contributed by atoms with Crippen molar-refractivity contribution < 1.29 is 4.74 Å². The molecule has 0 saturated carbocycles. The molecule has 2 N–H and O–H groups in total. The lowest BCUT2D eigenvalue weighted by Gasteiger charge is -2.11. The number of aromatic amines is 1. The van der Waals surface area contributed by atoms with Crippen molar-refractivity contribution in [3.8, 4) is 17.1 Å². The Labute approximate surface area is 178 Å². The van der Waals surface area contributed by atoms with Crippen molar-refractivity contribution in [2.75, 3.05) is 5.43 Å². The van der Waals surface area contributed by atoms with E-state index in [4.69, 9.17) is 28.6 Å². The molecule has 0 saturated heterocycles. The summed E-state index contributed by atoms with van der Waals surface area (Å²) in [6, 6.07) is 25.5. The molecule has 146 valence electrons. The van der Waals surface area contributed by atoms with Crippen molar-refractivity contribution in [2.24, 2.45) is 0 Å². The van der Waals surface area contributed by atoms with E-state index in [0.717, 1.165) is 28.3 Å². The maximum Gasteiger partial charge on any atom is 0.214 e. The van der Waals surface area contributed by atoms with Gasteiger partial charge >= 0.3 is 0 Å². The predicted molar refractivity (Wildman–Crippen MR) is 118 cm³/mol. The van der Waals surface area contributed by atoms with Gasteiger partial charge in [0.05, 0.1) is 6.54 Å². The molecule has 5 nitrogen and oxygen atoms in total. The lowest BCUT2D eigenvalue weighted by atomic mass is 10.2. The first-order valence-electron chi connectivity index (χ1n) is 9.12. The third kappa shape index (κ3) is 4.67. The Hall–Kier alpha value is -3.09. The van der Waals surface area contributed by atoms with E-state index >= 15 is 0 Å². The highest BCUT2D eigenvalue weighted by Gasteiger charge is 2.08. The molecule has 29 heavy (non-hydrogen) atoms. The molecular formula is C22H19ClN4OS. The van der Waals surface area contributed by atoms with Gasteiger partial charge < -0.3 is 10.2 Å². The Bertz CT molecular complexity index is 1140. The SMILES string of the molecule is S=c1[nH]nc(-c2ccccc2)n1NCc1ccc(OCc2ccccc2Cl)cc1. The van der Waals surface area contributed by atoms with Crippen LogP contribution < -0.4 is 10.2 Å². The van der Waals surface area contributed by atoms with Crippen LogP contribution in [0.3, 0.4) is 0 Å². The monoisotopic (exact) mass is 422 g/mol. The average Bonchev–Trinajstić information content (AvgIpc) is 3.13. The molecule has 7 heteroatoms. The maximum absolute atomic E-state index is 6.17. The number of H-pyrrole nitrogens is 1. The summed E-state index contributed by atoms with van der Waals surface area (Å²) in [6.07, 6.45) is 0. The van der Waals surface area contributed by atoms with Crippen LogP contribution in [0.2, 0.25) is 5.02 Å². The van der Waals surface area contributed by atoms with Gasteiger partial charge in [0.25, 0.3) is 0 Å². The van der Waals surface area contributed by atoms with Gasteiger partial charge in [0.15, 0.2) is 5.82 Å². The highest BCUT2D eigenvalue weighted by atomic mass is 35.5. The fraction of sp³-hybridized carbons (Fsp3) is 0.0909. The maximum atomic E-state index is 6.17. The molecular weight excluding hydrogens is 404 g/mol. The predicted octanol–water partition coefficient (Wildman–Crippen LogP) is 5.58. The molecule has 0 aliphatic carbocycles. The van der Waals surface area contributed by atoms with Crippen molar-refractivity contribution in [3.05, 3.63) is 99.8 Å². The van der Waals surface area contributed by atoms with E-state index in [0.29, 0.717) is 22.9 Å². The fourth-order valence-corrected chi connectivity index (χ4v) is 3.26. The number of benzene rings is 3. The van der Waals surface area contributed by atoms with Crippen LogP contribution in [0.5, 0.6) is 5.75 Å². The second-order valence-corrected chi connectivity index (χ2v) is 7.21. The number of hydrogen-bond acceptors (Lipinski definition) is 4. The largest absolute Gasteiger partial charge is 0.489 e. The van der Waals surface area contributed by atoms with Gasteiger partial charge in [-0.2, -0.15) is 5.10 Å². The van der Waals surface area contributed by atoms with Crippen LogP contribution in [-0.4, -0.2) is 14.9 Å². The molecule has 0 bridgehead atoms. The summed E-state index contributed by atoms with van der Waals surface area (Å²) in [6.45, 7) is 1.03. The van der Waals surface area contributed by atoms with Gasteiger partial charge in [-0.05, 0) is 36.0 Å². The standard InChI is InChI=1S/C22H19ClN4OS/c23-20-9-5-4-8-18(20)15-28-19-12-10-16(11-13-19)14-24-27-21(25-26-22(27)29)17-6-2-1-3-7-17/h1-13,24H,14-15H2,(H,26,29). The third-order valence-electron chi connectivity index (χ3n) is 4.42. The Kier molecular flexibility index (Phi) is 5.93. The summed E-state index contributed by atoms with van der Waals surface area (Å²) < 4.78 is 8.13. The van der Waals surface area contributed by atoms with E-state index in [1.54, 1.807) is 4.68 Å². The Balaban J connectivity index is 1.40. The van der Waals surface area contributed by atoms with Crippen molar-refractivity contribution in [1.82, 2.24) is 14.9 Å². The molecule has 0 spiro atoms. The highest BCUT2D eigenvalue weighted by molar-refractivity contribution is 7.71. The Morgan fingerprint density at radius 2 is 1.69 bits per heavy atom. The number of aromatic nitrogens is 3. The van der Waals surface area contributed by atoms with Gasteiger partial charge in [-0.3, -0.25) is 0 Å². The summed E-state index contributed by atoms with van der Waals surface area (Å²) in [5.74, 6) is 1.54. The minimum absolute atomic E-state index is 0.432. The topological polar surface area (TPSA) is 54.9 Å². The van der Waals surface area contributed by atoms with Crippen LogP contribution in [-0.2, 0) is 13.2 Å². The minimum atomic E-state index is 0.432. The summed E-state index contributed by atoms with van der Waals surface area (Å²) in [7, 11) is 0. The summed E-state index contributed by atoms with van der Waals surface area (Å²) >= 11 is 11.5. The first-order chi connectivity index (χ1) is 14.2. The van der Waals surface area contributed by atoms with Crippen LogP contribution in [0, 0.1) is 4.77 Å². The average molecular weight is 423 g/mol. The molecule has 0 fully saturated rings. The van der Waals surface area contributed by atoms with Crippen molar-refractivity contribution in [1.29, 1.82) is 0 Å². The normalized spacial score (nSPS) is 10.7. The fourth-order valence-electron chi connectivity index (χ4n) is 2.87. The molecule has 3 aromatic carbocycles. The molecule has 0 aliphatic heterocycles. The molecule has 0 amide bonds. The lowest BCUT2D eigenvalue weighted by Crippen LogP contribution is -2.15. The zero-order valence-corrected chi connectivity index (χ0v) is 17.1. The number of nitrogens with zero attached hydrogens (tertiary/aromatic N) is 2. The van der Waals surface area contributed by atoms with Crippen LogP contribution in [0.25, 0.3) is 11.4 Å². The zero-order chi connectivity index (χ0) is 20.1. The van der Waals surface area contributed by atoms with Crippen molar-refractivity contribution in [2.45, 2.75) is 13.2 Å². The molecule has 1 heterocycles. The molecule has 1 aromatic heterocycles. The number of nitrogens with one attached hydrogen (secondary N) is 2. The van der Waals surface area contributed by atoms with Crippen LogP contribution >= 0.6 is 23.8 Å². The van der Waals surface area contributed by atoms with Gasteiger partial charge in [0.2, 0.25) is 4.77 Å². The van der Waals surface area contributed by atoms with Crippen LogP contribution in [0.1, 0.15) is 11.1 Å². The van der Waals surface area contributed by atoms with Gasteiger partial charge in [-0.25, -0.2) is 9.77 Å². The van der Waals surface area contributed by atoms with Crippen LogP contribution in [0.15, 0.2) is 78.9 Å². The number of hydrogen-bond donors (Lipinski definition) is 2. The lowest BCUT2D eigenvalue weighted by molar-refractivity contribution is 0.306.